The zero-order chi connectivity index (χ0) is 16.2. The summed E-state index contributed by atoms with van der Waals surface area (Å²) in [7, 11) is 0. The zero-order valence-corrected chi connectivity index (χ0v) is 14.8. The van der Waals surface area contributed by atoms with Gasteiger partial charge >= 0.3 is 0 Å². The lowest BCUT2D eigenvalue weighted by Gasteiger charge is -2.00. The summed E-state index contributed by atoms with van der Waals surface area (Å²) in [6, 6.07) is 15.3. The molecule has 2 aromatic carbocycles. The highest BCUT2D eigenvalue weighted by molar-refractivity contribution is 8.01. The number of ketones is 1. The highest BCUT2D eigenvalue weighted by Gasteiger charge is 2.10. The molecule has 3 aromatic rings. The van der Waals surface area contributed by atoms with Crippen molar-refractivity contribution in [3.8, 4) is 11.3 Å². The van der Waals surface area contributed by atoms with Gasteiger partial charge in [-0.15, -0.1) is 11.3 Å². The topological polar surface area (TPSA) is 30.0 Å². The lowest BCUT2D eigenvalue weighted by atomic mass is 10.1. The Hall–Kier alpha value is -1.62. The van der Waals surface area contributed by atoms with Crippen molar-refractivity contribution < 1.29 is 4.79 Å². The van der Waals surface area contributed by atoms with E-state index in [2.05, 4.69) is 36.2 Å². The van der Waals surface area contributed by atoms with Crippen molar-refractivity contribution in [2.75, 3.05) is 5.75 Å². The first-order valence-electron chi connectivity index (χ1n) is 7.06. The molecule has 0 amide bonds. The van der Waals surface area contributed by atoms with Crippen molar-refractivity contribution in [3.63, 3.8) is 0 Å². The standard InChI is InChI=1S/C18H14ClNOS2/c1-12-2-4-13(5-3-12)16-10-22-18(20-16)23-11-17(21)14-6-8-15(19)9-7-14/h2-10H,11H2,1H3. The SMILES string of the molecule is Cc1ccc(-c2csc(SCC(=O)c3ccc(Cl)cc3)n2)cc1. The molecule has 0 bridgehead atoms. The highest BCUT2D eigenvalue weighted by atomic mass is 35.5. The first-order chi connectivity index (χ1) is 11.1. The third-order valence-corrected chi connectivity index (χ3v) is 5.60. The van der Waals surface area contributed by atoms with E-state index in [0.717, 1.165) is 15.6 Å². The average molecular weight is 360 g/mol. The van der Waals surface area contributed by atoms with Crippen LogP contribution in [0, 0.1) is 6.92 Å². The number of Topliss-reactive ketones (excluding diaryl/α,β-unsaturated/α-hetero) is 1. The Bertz CT molecular complexity index is 810. The van der Waals surface area contributed by atoms with Gasteiger partial charge in [0, 0.05) is 21.5 Å². The van der Waals surface area contributed by atoms with E-state index in [1.165, 1.54) is 17.3 Å². The van der Waals surface area contributed by atoms with Crippen LogP contribution in [0.4, 0.5) is 0 Å². The van der Waals surface area contributed by atoms with Crippen molar-refractivity contribution in [2.45, 2.75) is 11.3 Å². The number of aryl methyl sites for hydroxylation is 1. The number of carbonyl (C=O) groups excluding carboxylic acids is 1. The third kappa shape index (κ3) is 4.22. The molecule has 0 aliphatic rings. The normalized spacial score (nSPS) is 10.7. The minimum atomic E-state index is 0.0822. The summed E-state index contributed by atoms with van der Waals surface area (Å²) < 4.78 is 0.905. The van der Waals surface area contributed by atoms with Gasteiger partial charge in [-0.1, -0.05) is 53.2 Å². The Kier molecular flexibility index (Phi) is 5.16. The number of hydrogen-bond acceptors (Lipinski definition) is 4. The number of thiazole rings is 1. The first kappa shape index (κ1) is 16.2. The molecule has 23 heavy (non-hydrogen) atoms. The van der Waals surface area contributed by atoms with E-state index in [9.17, 15) is 4.79 Å². The molecule has 0 aliphatic heterocycles. The van der Waals surface area contributed by atoms with Crippen molar-refractivity contribution in [2.24, 2.45) is 0 Å². The van der Waals surface area contributed by atoms with Crippen LogP contribution in [0.3, 0.4) is 0 Å². The van der Waals surface area contributed by atoms with Crippen molar-refractivity contribution >= 4 is 40.5 Å². The van der Waals surface area contributed by atoms with Crippen LogP contribution in [-0.4, -0.2) is 16.5 Å². The molecular weight excluding hydrogens is 346 g/mol. The number of benzene rings is 2. The predicted octanol–water partition coefficient (Wildman–Crippen LogP) is 5.75. The largest absolute Gasteiger partial charge is 0.293 e. The summed E-state index contributed by atoms with van der Waals surface area (Å²) in [6.07, 6.45) is 0. The molecule has 3 rings (SSSR count). The molecule has 116 valence electrons. The number of carbonyl (C=O) groups is 1. The van der Waals surface area contributed by atoms with Crippen LogP contribution in [-0.2, 0) is 0 Å². The van der Waals surface area contributed by atoms with Crippen LogP contribution in [0.25, 0.3) is 11.3 Å². The summed E-state index contributed by atoms with van der Waals surface area (Å²) in [5.74, 6) is 0.460. The van der Waals surface area contributed by atoms with Gasteiger partial charge < -0.3 is 0 Å². The van der Waals surface area contributed by atoms with E-state index in [1.54, 1.807) is 35.6 Å². The van der Waals surface area contributed by atoms with E-state index in [4.69, 9.17) is 11.6 Å². The molecule has 0 atom stereocenters. The van der Waals surface area contributed by atoms with Crippen LogP contribution >= 0.6 is 34.7 Å². The van der Waals surface area contributed by atoms with Crippen LogP contribution in [0.1, 0.15) is 15.9 Å². The second kappa shape index (κ2) is 7.30. The number of aromatic nitrogens is 1. The molecular formula is C18H14ClNOS2. The summed E-state index contributed by atoms with van der Waals surface area (Å²) in [6.45, 7) is 2.06. The van der Waals surface area contributed by atoms with E-state index < -0.39 is 0 Å². The lowest BCUT2D eigenvalue weighted by molar-refractivity contribution is 0.102. The Labute approximate surface area is 148 Å². The molecule has 0 saturated heterocycles. The quantitative estimate of drug-likeness (QED) is 0.429. The van der Waals surface area contributed by atoms with E-state index >= 15 is 0 Å². The number of rotatable bonds is 5. The van der Waals surface area contributed by atoms with Crippen molar-refractivity contribution in [3.05, 3.63) is 70.1 Å². The van der Waals surface area contributed by atoms with Crippen LogP contribution < -0.4 is 0 Å². The summed E-state index contributed by atoms with van der Waals surface area (Å²) >= 11 is 8.87. The smallest absolute Gasteiger partial charge is 0.173 e. The summed E-state index contributed by atoms with van der Waals surface area (Å²) in [5, 5.41) is 2.66. The average Bonchev–Trinajstić information content (AvgIpc) is 3.03. The molecule has 0 unspecified atom stereocenters. The molecule has 0 aliphatic carbocycles. The lowest BCUT2D eigenvalue weighted by Crippen LogP contribution is -2.01. The zero-order valence-electron chi connectivity index (χ0n) is 12.5. The maximum Gasteiger partial charge on any atom is 0.173 e. The number of thioether (sulfide) groups is 1. The Morgan fingerprint density at radius 1 is 1.13 bits per heavy atom. The van der Waals surface area contributed by atoms with Gasteiger partial charge in [-0.05, 0) is 31.2 Å². The number of halogens is 1. The summed E-state index contributed by atoms with van der Waals surface area (Å²) in [4.78, 5) is 16.8. The third-order valence-electron chi connectivity index (χ3n) is 3.32. The number of nitrogens with zero attached hydrogens (tertiary/aromatic N) is 1. The van der Waals surface area contributed by atoms with Crippen molar-refractivity contribution in [1.82, 2.24) is 4.98 Å². The Balaban J connectivity index is 1.64. The fraction of sp³-hybridized carbons (Fsp3) is 0.111. The van der Waals surface area contributed by atoms with Crippen LogP contribution in [0.2, 0.25) is 5.02 Å². The predicted molar refractivity (Wildman–Crippen MR) is 98.8 cm³/mol. The molecule has 0 spiro atoms. The Morgan fingerprint density at radius 2 is 1.83 bits per heavy atom. The van der Waals surface area contributed by atoms with E-state index in [0.29, 0.717) is 16.3 Å². The fourth-order valence-electron chi connectivity index (χ4n) is 2.03. The molecule has 0 saturated carbocycles. The van der Waals surface area contributed by atoms with Gasteiger partial charge in [-0.25, -0.2) is 4.98 Å². The van der Waals surface area contributed by atoms with Gasteiger partial charge in [0.2, 0.25) is 0 Å². The molecule has 1 aromatic heterocycles. The second-order valence-electron chi connectivity index (χ2n) is 5.08. The molecule has 0 radical (unpaired) electrons. The molecule has 5 heteroatoms. The number of hydrogen-bond donors (Lipinski definition) is 0. The van der Waals surface area contributed by atoms with Gasteiger partial charge in [0.15, 0.2) is 10.1 Å². The molecule has 0 N–H and O–H groups in total. The molecule has 2 nitrogen and oxygen atoms in total. The highest BCUT2D eigenvalue weighted by Crippen LogP contribution is 2.29. The fourth-order valence-corrected chi connectivity index (χ4v) is 3.88. The van der Waals surface area contributed by atoms with Gasteiger partial charge in [0.25, 0.3) is 0 Å². The van der Waals surface area contributed by atoms with Crippen molar-refractivity contribution in [1.29, 1.82) is 0 Å². The minimum Gasteiger partial charge on any atom is -0.293 e. The maximum absolute atomic E-state index is 12.2. The van der Waals surface area contributed by atoms with E-state index in [1.807, 2.05) is 5.38 Å². The summed E-state index contributed by atoms with van der Waals surface area (Å²) in [5.41, 5.74) is 3.96. The van der Waals surface area contributed by atoms with Crippen LogP contribution in [0.15, 0.2) is 58.3 Å². The van der Waals surface area contributed by atoms with E-state index in [-0.39, 0.29) is 5.78 Å². The van der Waals surface area contributed by atoms with Gasteiger partial charge in [0.05, 0.1) is 11.4 Å². The van der Waals surface area contributed by atoms with Gasteiger partial charge in [-0.3, -0.25) is 4.79 Å². The second-order valence-corrected chi connectivity index (χ2v) is 7.60. The van der Waals surface area contributed by atoms with Crippen LogP contribution in [0.5, 0.6) is 0 Å². The van der Waals surface area contributed by atoms with Gasteiger partial charge in [0.1, 0.15) is 0 Å². The first-order valence-corrected chi connectivity index (χ1v) is 9.30. The molecule has 1 heterocycles. The van der Waals surface area contributed by atoms with Gasteiger partial charge in [-0.2, -0.15) is 0 Å². The Morgan fingerprint density at radius 3 is 2.52 bits per heavy atom. The monoisotopic (exact) mass is 359 g/mol. The maximum atomic E-state index is 12.2. The molecule has 0 fully saturated rings. The minimum absolute atomic E-state index is 0.0822.